The highest BCUT2D eigenvalue weighted by Crippen LogP contribution is 2.47. The molecule has 0 saturated carbocycles. The summed E-state index contributed by atoms with van der Waals surface area (Å²) in [6, 6.07) is 51.4. The van der Waals surface area contributed by atoms with E-state index in [1.54, 1.807) is 169 Å². The lowest BCUT2D eigenvalue weighted by molar-refractivity contribution is 0.0878. The molecule has 0 bridgehead atoms. The molecule has 4 saturated heterocycles. The molecule has 144 heavy (non-hydrogen) atoms. The predicted molar refractivity (Wildman–Crippen MR) is 600 cm³/mol. The normalized spacial score (nSPS) is 14.9. The van der Waals surface area contributed by atoms with Gasteiger partial charge in [-0.25, -0.2) is 24.3 Å². The zero-order chi connectivity index (χ0) is 104. The monoisotopic (exact) mass is 2140 g/mol. The molecular formula is C101H131Cl3FN23O10P6. The van der Waals surface area contributed by atoms with E-state index in [2.05, 4.69) is 156 Å². The topological polar surface area (TPSA) is 361 Å². The van der Waals surface area contributed by atoms with E-state index < -0.39 is 48.7 Å². The van der Waals surface area contributed by atoms with Crippen LogP contribution in [0.3, 0.4) is 0 Å². The van der Waals surface area contributed by atoms with E-state index >= 15 is 0 Å². The molecule has 0 aliphatic carbocycles. The number of methoxy groups -OCH3 is 4. The maximum atomic E-state index is 14.5. The molecule has 43 heteroatoms. The van der Waals surface area contributed by atoms with Crippen molar-refractivity contribution >= 4 is 219 Å². The van der Waals surface area contributed by atoms with Gasteiger partial charge >= 0.3 is 0 Å². The maximum Gasteiger partial charge on any atom is 0.229 e. The van der Waals surface area contributed by atoms with Crippen LogP contribution in [0.2, 0.25) is 15.1 Å². The van der Waals surface area contributed by atoms with Gasteiger partial charge in [0.05, 0.1) is 98.7 Å². The van der Waals surface area contributed by atoms with Crippen LogP contribution in [0.15, 0.2) is 189 Å². The van der Waals surface area contributed by atoms with Gasteiger partial charge in [0, 0.05) is 165 Å². The molecule has 33 nitrogen and oxygen atoms in total. The molecule has 0 unspecified atom stereocenters. The Morgan fingerprint density at radius 2 is 0.618 bits per heavy atom. The summed E-state index contributed by atoms with van der Waals surface area (Å²) in [7, 11) is -4.53. The van der Waals surface area contributed by atoms with Crippen molar-refractivity contribution in [3.8, 4) is 23.0 Å². The Balaban J connectivity index is 0.000000162. The summed E-state index contributed by atoms with van der Waals surface area (Å²) >= 11 is 19.2. The van der Waals surface area contributed by atoms with Crippen LogP contribution in [-0.4, -0.2) is 286 Å². The molecule has 4 fully saturated rings. The van der Waals surface area contributed by atoms with E-state index in [-0.39, 0.29) is 11.8 Å². The van der Waals surface area contributed by atoms with Crippen molar-refractivity contribution in [2.75, 3.05) is 278 Å². The molecule has 8 aromatic carbocycles. The first-order valence-electron chi connectivity index (χ1n) is 47.1. The van der Waals surface area contributed by atoms with Gasteiger partial charge < -0.3 is 118 Å². The number of benzene rings is 8. The fraction of sp³-hybridized carbons (Fsp3) is 0.366. The minimum atomic E-state index is -2.71. The van der Waals surface area contributed by atoms with Gasteiger partial charge in [0.15, 0.2) is 29.1 Å². The van der Waals surface area contributed by atoms with Gasteiger partial charge in [0.1, 0.15) is 80.9 Å². The van der Waals surface area contributed by atoms with Gasteiger partial charge in [-0.3, -0.25) is 4.90 Å². The number of likely N-dealkylation sites (N-methyl/N-ethyl adjacent to an activating group) is 3. The third-order valence-electron chi connectivity index (χ3n) is 24.9. The number of anilines is 19. The predicted octanol–water partition coefficient (Wildman–Crippen LogP) is 19.6. The Kier molecular flexibility index (Phi) is 37.2. The van der Waals surface area contributed by atoms with Crippen molar-refractivity contribution in [3.63, 3.8) is 0 Å². The molecule has 8 heterocycles. The number of piperazine rings is 3. The Hall–Kier alpha value is -10.9. The molecule has 16 rings (SSSR count). The Morgan fingerprint density at radius 3 is 0.951 bits per heavy atom. The van der Waals surface area contributed by atoms with Crippen LogP contribution in [0, 0.1) is 5.82 Å². The zero-order valence-electron chi connectivity index (χ0n) is 85.0. The second-order valence-corrected chi connectivity index (χ2v) is 58.1. The van der Waals surface area contributed by atoms with Crippen molar-refractivity contribution in [2.45, 2.75) is 25.8 Å². The van der Waals surface area contributed by atoms with Gasteiger partial charge in [-0.15, -0.1) is 0 Å². The average molecular weight is 2140 g/mol. The summed E-state index contributed by atoms with van der Waals surface area (Å²) in [6.07, 6.45) is 7.98. The van der Waals surface area contributed by atoms with Crippen LogP contribution in [0.4, 0.5) is 114 Å². The van der Waals surface area contributed by atoms with Gasteiger partial charge in [-0.1, -0.05) is 78.1 Å². The summed E-state index contributed by atoms with van der Waals surface area (Å²) in [5.74, 6) is 4.31. The fourth-order valence-corrected chi connectivity index (χ4v) is 23.6. The molecule has 768 valence electrons. The molecule has 4 aromatic heterocycles. The van der Waals surface area contributed by atoms with Crippen molar-refractivity contribution in [1.82, 2.24) is 59.5 Å². The SMILES string of the molecule is CCN1CCN(C2CCN(c3ccc(Nc4ncc(Cl)c(Nc5ccccc5P(C)(C)=O)n4)c(OC)c3)CC2)CC1.COc1cc(N2CCN(C)CC2)ccc1Nc1ncc(Cl)c(Nc2ccc(P(C)(C)=O)cc2P(C)(C)=O)n1.COc1cc(N2CCN(C)CC2)ccc1Nc1ncc(F)c(Nc2ccccc2P(C)(C)=O)n1.COc1cc(P(C)(C)=O)ccc1Nc1ncc(Cl)c(Nc2ccccc2P(C)(C)=O)n1. The number of nitrogens with zero attached hydrogens (tertiary/aromatic N) is 15. The first-order chi connectivity index (χ1) is 68.3. The molecule has 4 aliphatic rings. The number of halogens is 4. The van der Waals surface area contributed by atoms with Crippen molar-refractivity contribution in [3.05, 3.63) is 209 Å². The summed E-state index contributed by atoms with van der Waals surface area (Å²) in [4.78, 5) is 51.9. The van der Waals surface area contributed by atoms with Crippen LogP contribution in [0.25, 0.3) is 0 Å². The highest BCUT2D eigenvalue weighted by atomic mass is 35.5. The minimum absolute atomic E-state index is 0.00794. The average Bonchev–Trinajstić information content (AvgIpc) is 0.771. The zero-order valence-corrected chi connectivity index (χ0v) is 92.6. The second-order valence-electron chi connectivity index (χ2n) is 37.7. The van der Waals surface area contributed by atoms with Crippen LogP contribution >= 0.6 is 77.7 Å². The van der Waals surface area contributed by atoms with E-state index in [4.69, 9.17) is 53.8 Å². The van der Waals surface area contributed by atoms with Crippen LogP contribution in [0.1, 0.15) is 19.8 Å². The molecule has 0 radical (unpaired) electrons. The summed E-state index contributed by atoms with van der Waals surface area (Å²) in [5, 5.41) is 30.4. The molecule has 0 spiro atoms. The largest absolute Gasteiger partial charge is 0.495 e. The number of ether oxygens (including phenoxy) is 4. The van der Waals surface area contributed by atoms with E-state index in [0.717, 1.165) is 123 Å². The van der Waals surface area contributed by atoms with Crippen molar-refractivity contribution in [1.29, 1.82) is 0 Å². The summed E-state index contributed by atoms with van der Waals surface area (Å²) in [5.41, 5.74) is 8.64. The minimum Gasteiger partial charge on any atom is -0.495 e. The van der Waals surface area contributed by atoms with Crippen molar-refractivity contribution in [2.24, 2.45) is 0 Å². The number of piperidine rings is 1. The number of hydrogen-bond donors (Lipinski definition) is 8. The van der Waals surface area contributed by atoms with Gasteiger partial charge in [0.25, 0.3) is 0 Å². The van der Waals surface area contributed by atoms with E-state index in [0.29, 0.717) is 129 Å². The molecule has 12 aromatic rings. The number of aromatic nitrogens is 8. The number of para-hydroxylation sites is 3. The summed E-state index contributed by atoms with van der Waals surface area (Å²) in [6.45, 7) is 38.5. The van der Waals surface area contributed by atoms with Gasteiger partial charge in [-0.05, 0) is 223 Å². The van der Waals surface area contributed by atoms with E-state index in [9.17, 15) is 31.8 Å². The Morgan fingerprint density at radius 1 is 0.326 bits per heavy atom. The number of hydrogen-bond acceptors (Lipinski definition) is 33. The quantitative estimate of drug-likeness (QED) is 0.0187. The van der Waals surface area contributed by atoms with Crippen molar-refractivity contribution < 1.29 is 50.7 Å². The first-order valence-corrected chi connectivity index (χ1v) is 63.9. The fourth-order valence-electron chi connectivity index (χ4n) is 16.7. The Labute approximate surface area is 859 Å². The lowest BCUT2D eigenvalue weighted by Gasteiger charge is -2.43. The molecular weight excluding hydrogens is 2010 g/mol. The highest BCUT2D eigenvalue weighted by molar-refractivity contribution is 7.72. The van der Waals surface area contributed by atoms with E-state index in [1.807, 2.05) is 91.0 Å². The second kappa shape index (κ2) is 48.6. The van der Waals surface area contributed by atoms with Gasteiger partial charge in [-0.2, -0.15) is 19.9 Å². The van der Waals surface area contributed by atoms with Crippen LogP contribution in [0.5, 0.6) is 23.0 Å². The molecule has 8 N–H and O–H groups in total. The lowest BCUT2D eigenvalue weighted by atomic mass is 10.0. The third-order valence-corrected chi connectivity index (χ3v) is 35.0. The Bertz CT molecular complexity index is 6820. The molecule has 0 amide bonds. The smallest absolute Gasteiger partial charge is 0.229 e. The molecule has 4 aliphatic heterocycles. The third kappa shape index (κ3) is 29.8. The number of nitrogens with one attached hydrogen (secondary N) is 8. The standard InChI is InChI=1S/C30H41ClN7O2P.C26H35ClN6O3P2.C24H30FN6O2P.C21H25ClN4O3P2/c1-5-36-16-18-38(19-17-36)22-12-14-37(15-13-22)23-10-11-25(27(20-23)40-2)34-30-32-21-24(31)29(35-30)33-26-8-6-7-9-28(26)41(3,4)39;1-32-11-13-33(14-12-32)18-7-9-21(23(15-18)36-2)30-26-28-17-20(27)25(31-26)29-22-10-8-19(37(3,4)34)16-24(22)38(5,6)35;1-30-11-13-31(14-12-30)17-9-10-19(21(15-17)33-2)28-24-26-16-18(25)23(29-24)27-20-7-5-6-8-22(20)34(3,4)32;1-29-18-12-14(30(2,3)27)10-11-16(18)25-21-23-13-15(22)20(26-21)24-17-8-6-7-9-19(17)31(4,5)28/h6-11,20-22H,5,12-19H2,1-4H3,(H2,32,33,34,35);7-10,15-17H,11-14H2,1-6H3,(H2,28,29,30,31);5-10,15-16H,11-14H2,1-4H3,(H2,26,27,28,29);6-13H,1-5H3,(H2,23,24,25,26). The molecule has 0 atom stereocenters. The summed E-state index contributed by atoms with van der Waals surface area (Å²) < 4.78 is 113. The lowest BCUT2D eigenvalue weighted by Crippen LogP contribution is -2.53. The van der Waals surface area contributed by atoms with Crippen LogP contribution < -0.4 is 108 Å². The highest BCUT2D eigenvalue weighted by Gasteiger charge is 2.31. The van der Waals surface area contributed by atoms with Gasteiger partial charge in [0.2, 0.25) is 23.8 Å². The van der Waals surface area contributed by atoms with Crippen LogP contribution in [-0.2, 0) is 27.4 Å². The first kappa shape index (κ1) is 110. The maximum absolute atomic E-state index is 14.5. The van der Waals surface area contributed by atoms with E-state index in [1.165, 1.54) is 51.4 Å². The number of rotatable bonds is 31.